The molecule has 0 fully saturated rings. The number of nitrogens with zero attached hydrogens (tertiary/aromatic N) is 2. The van der Waals surface area contributed by atoms with Gasteiger partial charge in [-0.25, -0.2) is 0 Å². The Hall–Kier alpha value is -4.32. The average Bonchev–Trinajstić information content (AvgIpc) is 3.89. The average molecular weight is 878 g/mol. The van der Waals surface area contributed by atoms with Gasteiger partial charge in [-0.05, 0) is 85.8 Å². The highest BCUT2D eigenvalue weighted by atomic mass is 16.6. The van der Waals surface area contributed by atoms with Gasteiger partial charge in [0.05, 0.1) is 101 Å². The Balaban J connectivity index is 1.55. The van der Waals surface area contributed by atoms with Crippen LogP contribution >= 0.6 is 0 Å². The molecule has 0 unspecified atom stereocenters. The highest BCUT2D eigenvalue weighted by Crippen LogP contribution is 2.41. The molecular weight excluding hydrogens is 807 g/mol. The van der Waals surface area contributed by atoms with E-state index >= 15 is 0 Å². The molecule has 1 aromatic carbocycles. The van der Waals surface area contributed by atoms with Crippen LogP contribution in [0.2, 0.25) is 0 Å². The zero-order chi connectivity index (χ0) is 44.8. The summed E-state index contributed by atoms with van der Waals surface area (Å²) >= 11 is 0. The number of aromatic amines is 3. The minimum absolute atomic E-state index is 0.109. The number of aliphatic imine (C=N–C) groups is 2. The van der Waals surface area contributed by atoms with E-state index in [0.717, 1.165) is 59.6 Å². The SMILES string of the molecule is CCc1c2[nH]c(c1CC)Cc1[nH]c(c(C)c1CCCO)/C=N/c1cc(OCCOCCOCCOC)c(OCCOCCOCCOC)cc1/N=C\c1[nH]c(c(CCCO)c1C)C2. The van der Waals surface area contributed by atoms with E-state index in [-0.39, 0.29) is 26.4 Å². The zero-order valence-electron chi connectivity index (χ0n) is 38.4. The minimum Gasteiger partial charge on any atom is -0.487 e. The quantitative estimate of drug-likeness (QED) is 0.0354. The number of aromatic nitrogens is 3. The van der Waals surface area contributed by atoms with E-state index in [2.05, 4.69) is 42.6 Å². The van der Waals surface area contributed by atoms with Crippen molar-refractivity contribution in [3.63, 3.8) is 0 Å². The van der Waals surface area contributed by atoms with Gasteiger partial charge in [0.15, 0.2) is 11.5 Å². The Morgan fingerprint density at radius 1 is 0.508 bits per heavy atom. The number of hydrogen-bond acceptors (Lipinski definition) is 12. The molecule has 5 rings (SSSR count). The van der Waals surface area contributed by atoms with Crippen LogP contribution in [-0.4, -0.2) is 144 Å². The molecule has 0 amide bonds. The summed E-state index contributed by atoms with van der Waals surface area (Å²) in [6.07, 6.45) is 9.72. The molecule has 4 aromatic rings. The lowest BCUT2D eigenvalue weighted by atomic mass is 9.97. The van der Waals surface area contributed by atoms with Gasteiger partial charge in [0.25, 0.3) is 0 Å². The fraction of sp³-hybridized carbons (Fsp3) is 0.583. The molecule has 15 nitrogen and oxygen atoms in total. The molecule has 4 heterocycles. The molecule has 6 bridgehead atoms. The van der Waals surface area contributed by atoms with Crippen molar-refractivity contribution >= 4 is 23.8 Å². The van der Waals surface area contributed by atoms with Crippen molar-refractivity contribution in [3.05, 3.63) is 79.7 Å². The third kappa shape index (κ3) is 14.3. The van der Waals surface area contributed by atoms with Crippen molar-refractivity contribution in [2.75, 3.05) is 107 Å². The number of aliphatic hydroxyl groups excluding tert-OH is 2. The summed E-state index contributed by atoms with van der Waals surface area (Å²) < 4.78 is 45.4. The number of H-pyrrole nitrogens is 3. The van der Waals surface area contributed by atoms with Crippen LogP contribution in [0, 0.1) is 13.8 Å². The van der Waals surface area contributed by atoms with Crippen LogP contribution in [0.5, 0.6) is 11.5 Å². The summed E-state index contributed by atoms with van der Waals surface area (Å²) in [7, 11) is 3.29. The van der Waals surface area contributed by atoms with E-state index < -0.39 is 0 Å². The Labute approximate surface area is 372 Å². The van der Waals surface area contributed by atoms with Crippen LogP contribution in [0.4, 0.5) is 11.4 Å². The molecule has 0 atom stereocenters. The van der Waals surface area contributed by atoms with E-state index in [1.165, 1.54) is 33.6 Å². The van der Waals surface area contributed by atoms with E-state index in [4.69, 9.17) is 47.9 Å². The Bertz CT molecular complexity index is 1890. The van der Waals surface area contributed by atoms with Crippen LogP contribution in [0.25, 0.3) is 0 Å². The fourth-order valence-electron chi connectivity index (χ4n) is 7.98. The second-order valence-corrected chi connectivity index (χ2v) is 15.4. The summed E-state index contributed by atoms with van der Waals surface area (Å²) in [5.41, 5.74) is 14.9. The molecular formula is C48H71N5O10. The standard InChI is InChI=1S/C48H71N5O10/c1-7-35-36(8-2)40-28-42-38(12-10-14-55)34(4)46(53-42)32-50-44-30-48(63-26-24-61-22-20-59-18-16-57-6)47(62-25-23-60-21-19-58-17-15-56-5)29-43(44)49-31-45-33(3)37(11-9-13-54)41(52-45)27-39(35)51-40/h29-32,51-55H,7-28H2,1-6H3/b49-31-,50-32+. The smallest absolute Gasteiger partial charge is 0.163 e. The third-order valence-corrected chi connectivity index (χ3v) is 11.3. The van der Waals surface area contributed by atoms with Gasteiger partial charge in [-0.15, -0.1) is 0 Å². The topological polar surface area (TPSA) is 186 Å². The van der Waals surface area contributed by atoms with Crippen LogP contribution in [0.3, 0.4) is 0 Å². The van der Waals surface area contributed by atoms with Gasteiger partial charge in [0.1, 0.15) is 13.2 Å². The molecule has 0 saturated heterocycles. The van der Waals surface area contributed by atoms with Crippen molar-refractivity contribution in [1.29, 1.82) is 0 Å². The number of methoxy groups -OCH3 is 2. The van der Waals surface area contributed by atoms with E-state index in [1.807, 2.05) is 24.6 Å². The summed E-state index contributed by atoms with van der Waals surface area (Å²) in [5.74, 6) is 0.987. The normalized spacial score (nSPS) is 13.6. The number of benzene rings is 1. The number of hydrogen-bond donors (Lipinski definition) is 5. The monoisotopic (exact) mass is 878 g/mol. The van der Waals surface area contributed by atoms with Gasteiger partial charge in [-0.2, -0.15) is 0 Å². The van der Waals surface area contributed by atoms with Crippen LogP contribution in [0.15, 0.2) is 22.1 Å². The lowest BCUT2D eigenvalue weighted by Gasteiger charge is -2.15. The third-order valence-electron chi connectivity index (χ3n) is 11.3. The zero-order valence-corrected chi connectivity index (χ0v) is 38.4. The first-order valence-corrected chi connectivity index (χ1v) is 22.5. The number of ether oxygens (including phenoxy) is 8. The molecule has 5 N–H and O–H groups in total. The van der Waals surface area contributed by atoms with Gasteiger partial charge in [-0.3, -0.25) is 9.98 Å². The fourth-order valence-corrected chi connectivity index (χ4v) is 7.98. The maximum absolute atomic E-state index is 9.88. The Kier molecular flexibility index (Phi) is 21.4. The molecule has 0 radical (unpaired) electrons. The second kappa shape index (κ2) is 27.1. The summed E-state index contributed by atoms with van der Waals surface area (Å²) in [6, 6.07) is 3.72. The van der Waals surface area contributed by atoms with Gasteiger partial charge in [-0.1, -0.05) is 13.8 Å². The second-order valence-electron chi connectivity index (χ2n) is 15.4. The first kappa shape index (κ1) is 49.7. The highest BCUT2D eigenvalue weighted by molar-refractivity contribution is 5.88. The van der Waals surface area contributed by atoms with Gasteiger partial charge < -0.3 is 63.1 Å². The first-order chi connectivity index (χ1) is 30.9. The molecule has 1 aliphatic rings. The van der Waals surface area contributed by atoms with Crippen molar-refractivity contribution in [2.24, 2.45) is 9.98 Å². The van der Waals surface area contributed by atoms with E-state index in [0.29, 0.717) is 115 Å². The maximum atomic E-state index is 9.88. The van der Waals surface area contributed by atoms with Crippen LogP contribution in [-0.2, 0) is 66.9 Å². The molecule has 0 spiro atoms. The van der Waals surface area contributed by atoms with E-state index in [1.54, 1.807) is 14.2 Å². The van der Waals surface area contributed by atoms with Crippen molar-refractivity contribution < 1.29 is 48.1 Å². The molecule has 15 heteroatoms. The molecule has 1 aliphatic heterocycles. The Morgan fingerprint density at radius 3 is 1.24 bits per heavy atom. The van der Waals surface area contributed by atoms with Gasteiger partial charge in [0.2, 0.25) is 0 Å². The summed E-state index contributed by atoms with van der Waals surface area (Å²) in [4.78, 5) is 21.5. The predicted molar refractivity (Wildman–Crippen MR) is 246 cm³/mol. The summed E-state index contributed by atoms with van der Waals surface area (Å²) in [5, 5.41) is 19.8. The molecule has 0 saturated carbocycles. The molecule has 63 heavy (non-hydrogen) atoms. The minimum atomic E-state index is 0.109. The van der Waals surface area contributed by atoms with Crippen LogP contribution < -0.4 is 9.47 Å². The molecule has 0 aliphatic carbocycles. The lowest BCUT2D eigenvalue weighted by Crippen LogP contribution is -2.14. The van der Waals surface area contributed by atoms with Crippen molar-refractivity contribution in [3.8, 4) is 11.5 Å². The van der Waals surface area contributed by atoms with Crippen molar-refractivity contribution in [1.82, 2.24) is 15.0 Å². The van der Waals surface area contributed by atoms with Crippen LogP contribution in [0.1, 0.15) is 94.2 Å². The number of nitrogens with one attached hydrogen (secondary N) is 3. The van der Waals surface area contributed by atoms with Gasteiger partial charge in [0, 0.05) is 75.2 Å². The highest BCUT2D eigenvalue weighted by Gasteiger charge is 2.22. The number of fused-ring (bicyclic) bond motifs is 7. The summed E-state index contributed by atoms with van der Waals surface area (Å²) in [6.45, 7) is 14.0. The lowest BCUT2D eigenvalue weighted by molar-refractivity contribution is 0.0160. The molecule has 3 aromatic heterocycles. The molecule has 348 valence electrons. The first-order valence-electron chi connectivity index (χ1n) is 22.5. The largest absolute Gasteiger partial charge is 0.487 e. The Morgan fingerprint density at radius 2 is 0.873 bits per heavy atom. The van der Waals surface area contributed by atoms with E-state index in [9.17, 15) is 10.2 Å². The predicted octanol–water partition coefficient (Wildman–Crippen LogP) is 6.38. The number of rotatable bonds is 28. The number of aliphatic hydroxyl groups is 2. The van der Waals surface area contributed by atoms with Crippen molar-refractivity contribution in [2.45, 2.75) is 79.1 Å². The maximum Gasteiger partial charge on any atom is 0.163 e. The van der Waals surface area contributed by atoms with Gasteiger partial charge >= 0.3 is 0 Å².